The minimum absolute atomic E-state index is 0.271. The number of nitrogens with one attached hydrogen (secondary N) is 1. The summed E-state index contributed by atoms with van der Waals surface area (Å²) in [5.41, 5.74) is 2.30. The van der Waals surface area contributed by atoms with Crippen LogP contribution in [0.5, 0.6) is 0 Å². The molecular weight excluding hydrogens is 264 g/mol. The van der Waals surface area contributed by atoms with E-state index in [2.05, 4.69) is 39.9 Å². The standard InChI is InChI=1S/C16H22N4O/c1-12-11-19(8-9-21-12)16-14(10-17-13-5-6-13)20-7-3-2-4-15(20)18-16/h2-4,7,12-13,17H,5-6,8-11H2,1H3. The van der Waals surface area contributed by atoms with Gasteiger partial charge in [-0.05, 0) is 31.9 Å². The van der Waals surface area contributed by atoms with E-state index in [0.29, 0.717) is 6.04 Å². The lowest BCUT2D eigenvalue weighted by Crippen LogP contribution is -2.42. The van der Waals surface area contributed by atoms with Crippen LogP contribution in [0.25, 0.3) is 5.65 Å². The number of ether oxygens (including phenoxy) is 1. The lowest BCUT2D eigenvalue weighted by atomic mass is 10.3. The van der Waals surface area contributed by atoms with E-state index in [-0.39, 0.29) is 6.10 Å². The molecule has 1 saturated carbocycles. The zero-order valence-corrected chi connectivity index (χ0v) is 12.5. The smallest absolute Gasteiger partial charge is 0.152 e. The quantitative estimate of drug-likeness (QED) is 0.931. The molecule has 0 amide bonds. The van der Waals surface area contributed by atoms with Gasteiger partial charge < -0.3 is 19.4 Å². The topological polar surface area (TPSA) is 41.8 Å². The molecule has 5 heteroatoms. The van der Waals surface area contributed by atoms with Crippen molar-refractivity contribution in [1.29, 1.82) is 0 Å². The molecule has 3 heterocycles. The van der Waals surface area contributed by atoms with Crippen LogP contribution in [0.3, 0.4) is 0 Å². The van der Waals surface area contributed by atoms with Gasteiger partial charge in [0.2, 0.25) is 0 Å². The Morgan fingerprint density at radius 1 is 1.38 bits per heavy atom. The van der Waals surface area contributed by atoms with Crippen LogP contribution in [0, 0.1) is 0 Å². The van der Waals surface area contributed by atoms with E-state index in [0.717, 1.165) is 37.7 Å². The highest BCUT2D eigenvalue weighted by molar-refractivity contribution is 5.56. The fourth-order valence-electron chi connectivity index (χ4n) is 2.99. The molecular formula is C16H22N4O. The van der Waals surface area contributed by atoms with Gasteiger partial charge in [0.05, 0.1) is 18.4 Å². The predicted molar refractivity (Wildman–Crippen MR) is 82.7 cm³/mol. The second-order valence-electron chi connectivity index (χ2n) is 6.09. The van der Waals surface area contributed by atoms with Crippen molar-refractivity contribution in [2.45, 2.75) is 38.5 Å². The molecule has 1 aliphatic carbocycles. The first kappa shape index (κ1) is 13.1. The molecule has 2 aliphatic rings. The average molecular weight is 286 g/mol. The number of nitrogens with zero attached hydrogens (tertiary/aromatic N) is 3. The van der Waals surface area contributed by atoms with E-state index in [1.54, 1.807) is 0 Å². The summed E-state index contributed by atoms with van der Waals surface area (Å²) in [6.07, 6.45) is 4.99. The van der Waals surface area contributed by atoms with E-state index in [1.165, 1.54) is 18.5 Å². The fraction of sp³-hybridized carbons (Fsp3) is 0.562. The van der Waals surface area contributed by atoms with E-state index < -0.39 is 0 Å². The van der Waals surface area contributed by atoms with Crippen molar-refractivity contribution in [2.24, 2.45) is 0 Å². The van der Waals surface area contributed by atoms with Gasteiger partial charge in [-0.2, -0.15) is 0 Å². The monoisotopic (exact) mass is 286 g/mol. The van der Waals surface area contributed by atoms with Crippen LogP contribution in [-0.2, 0) is 11.3 Å². The van der Waals surface area contributed by atoms with Gasteiger partial charge in [0, 0.05) is 31.9 Å². The minimum Gasteiger partial charge on any atom is -0.375 e. The molecule has 112 valence electrons. The number of aromatic nitrogens is 2. The van der Waals surface area contributed by atoms with Gasteiger partial charge in [0.1, 0.15) is 5.65 Å². The first-order chi connectivity index (χ1) is 10.3. The third kappa shape index (κ3) is 2.63. The summed E-state index contributed by atoms with van der Waals surface area (Å²) >= 11 is 0. The van der Waals surface area contributed by atoms with Gasteiger partial charge in [0.25, 0.3) is 0 Å². The number of hydrogen-bond donors (Lipinski definition) is 1. The molecule has 1 aliphatic heterocycles. The second kappa shape index (κ2) is 5.31. The predicted octanol–water partition coefficient (Wildman–Crippen LogP) is 1.81. The van der Waals surface area contributed by atoms with Gasteiger partial charge in [-0.15, -0.1) is 0 Å². The van der Waals surface area contributed by atoms with Crippen molar-refractivity contribution >= 4 is 11.5 Å². The van der Waals surface area contributed by atoms with Crippen LogP contribution in [0.2, 0.25) is 0 Å². The Bertz CT molecular complexity index is 634. The SMILES string of the molecule is CC1CN(c2nc3ccccn3c2CNC2CC2)CCO1. The number of morpholine rings is 1. The van der Waals surface area contributed by atoms with Crippen LogP contribution in [0.1, 0.15) is 25.5 Å². The van der Waals surface area contributed by atoms with Gasteiger partial charge in [-0.1, -0.05) is 6.07 Å². The minimum atomic E-state index is 0.271. The molecule has 0 bridgehead atoms. The van der Waals surface area contributed by atoms with Crippen molar-refractivity contribution in [3.63, 3.8) is 0 Å². The summed E-state index contributed by atoms with van der Waals surface area (Å²) in [7, 11) is 0. The Kier molecular flexibility index (Phi) is 3.31. The molecule has 0 spiro atoms. The molecule has 2 aromatic heterocycles. The van der Waals surface area contributed by atoms with Gasteiger partial charge in [0.15, 0.2) is 5.82 Å². The molecule has 4 rings (SSSR count). The first-order valence-corrected chi connectivity index (χ1v) is 7.87. The van der Waals surface area contributed by atoms with Gasteiger partial charge in [-0.3, -0.25) is 0 Å². The highest BCUT2D eigenvalue weighted by atomic mass is 16.5. The third-order valence-electron chi connectivity index (χ3n) is 4.28. The molecule has 0 radical (unpaired) electrons. The zero-order valence-electron chi connectivity index (χ0n) is 12.5. The number of rotatable bonds is 4. The maximum atomic E-state index is 5.66. The second-order valence-corrected chi connectivity index (χ2v) is 6.09. The zero-order chi connectivity index (χ0) is 14.2. The van der Waals surface area contributed by atoms with Crippen molar-refractivity contribution in [2.75, 3.05) is 24.6 Å². The van der Waals surface area contributed by atoms with Crippen LogP contribution in [0.15, 0.2) is 24.4 Å². The molecule has 1 saturated heterocycles. The lowest BCUT2D eigenvalue weighted by molar-refractivity contribution is 0.0529. The summed E-state index contributed by atoms with van der Waals surface area (Å²) < 4.78 is 7.87. The molecule has 1 N–H and O–H groups in total. The van der Waals surface area contributed by atoms with E-state index >= 15 is 0 Å². The van der Waals surface area contributed by atoms with E-state index in [9.17, 15) is 0 Å². The van der Waals surface area contributed by atoms with Crippen LogP contribution in [0.4, 0.5) is 5.82 Å². The molecule has 2 fully saturated rings. The van der Waals surface area contributed by atoms with Crippen molar-refractivity contribution in [3.8, 4) is 0 Å². The van der Waals surface area contributed by atoms with Crippen LogP contribution < -0.4 is 10.2 Å². The lowest BCUT2D eigenvalue weighted by Gasteiger charge is -2.32. The summed E-state index contributed by atoms with van der Waals surface area (Å²) in [6.45, 7) is 5.64. The molecule has 1 atom stereocenters. The average Bonchev–Trinajstić information content (AvgIpc) is 3.25. The first-order valence-electron chi connectivity index (χ1n) is 7.87. The van der Waals surface area contributed by atoms with Gasteiger partial charge >= 0.3 is 0 Å². The maximum absolute atomic E-state index is 5.66. The Morgan fingerprint density at radius 2 is 2.29 bits per heavy atom. The van der Waals surface area contributed by atoms with E-state index in [1.807, 2.05) is 6.07 Å². The fourth-order valence-corrected chi connectivity index (χ4v) is 2.99. The number of anilines is 1. The number of hydrogen-bond acceptors (Lipinski definition) is 4. The highest BCUT2D eigenvalue weighted by Crippen LogP contribution is 2.25. The highest BCUT2D eigenvalue weighted by Gasteiger charge is 2.25. The maximum Gasteiger partial charge on any atom is 0.152 e. The van der Waals surface area contributed by atoms with Crippen molar-refractivity contribution < 1.29 is 4.74 Å². The molecule has 5 nitrogen and oxygen atoms in total. The Balaban J connectivity index is 1.69. The number of pyridine rings is 1. The summed E-state index contributed by atoms with van der Waals surface area (Å²) in [6, 6.07) is 6.90. The summed E-state index contributed by atoms with van der Waals surface area (Å²) in [5.74, 6) is 1.12. The van der Waals surface area contributed by atoms with Crippen LogP contribution >= 0.6 is 0 Å². The molecule has 21 heavy (non-hydrogen) atoms. The van der Waals surface area contributed by atoms with Gasteiger partial charge in [-0.25, -0.2) is 4.98 Å². The number of imidazole rings is 1. The number of fused-ring (bicyclic) bond motifs is 1. The van der Waals surface area contributed by atoms with E-state index in [4.69, 9.17) is 9.72 Å². The summed E-state index contributed by atoms with van der Waals surface area (Å²) in [4.78, 5) is 7.23. The Labute approximate surface area is 124 Å². The summed E-state index contributed by atoms with van der Waals surface area (Å²) in [5, 5.41) is 3.62. The molecule has 1 unspecified atom stereocenters. The van der Waals surface area contributed by atoms with Crippen molar-refractivity contribution in [1.82, 2.24) is 14.7 Å². The third-order valence-corrected chi connectivity index (χ3v) is 4.28. The molecule has 0 aromatic carbocycles. The Morgan fingerprint density at radius 3 is 3.10 bits per heavy atom. The largest absolute Gasteiger partial charge is 0.375 e. The Hall–Kier alpha value is -1.59. The van der Waals surface area contributed by atoms with Crippen LogP contribution in [-0.4, -0.2) is 41.2 Å². The molecule has 2 aromatic rings. The normalized spacial score (nSPS) is 22.9. The van der Waals surface area contributed by atoms with Crippen molar-refractivity contribution in [3.05, 3.63) is 30.1 Å².